The van der Waals surface area contributed by atoms with Gasteiger partial charge in [0.1, 0.15) is 17.3 Å². The molecule has 3 rings (SSSR count). The fourth-order valence-corrected chi connectivity index (χ4v) is 2.70. The number of hydrogen-bond donors (Lipinski definition) is 3. The van der Waals surface area contributed by atoms with Crippen LogP contribution in [0, 0.1) is 0 Å². The summed E-state index contributed by atoms with van der Waals surface area (Å²) in [5.41, 5.74) is 2.77. The molecule has 0 aromatic heterocycles. The summed E-state index contributed by atoms with van der Waals surface area (Å²) in [6.07, 6.45) is 6.00. The molecule has 4 nitrogen and oxygen atoms in total. The zero-order valence-electron chi connectivity index (χ0n) is 13.5. The molecular formula is C21H18O4. The number of ketones is 1. The predicted octanol–water partition coefficient (Wildman–Crippen LogP) is 4.37. The van der Waals surface area contributed by atoms with Crippen LogP contribution in [0.15, 0.2) is 71.5 Å². The van der Waals surface area contributed by atoms with Crippen LogP contribution in [0.25, 0.3) is 12.2 Å². The summed E-state index contributed by atoms with van der Waals surface area (Å²) < 4.78 is 0. The van der Waals surface area contributed by atoms with E-state index in [1.165, 1.54) is 6.08 Å². The van der Waals surface area contributed by atoms with Crippen molar-refractivity contribution in [3.8, 4) is 11.5 Å². The van der Waals surface area contributed by atoms with Gasteiger partial charge in [0.25, 0.3) is 0 Å². The smallest absolute Gasteiger partial charge is 0.185 e. The van der Waals surface area contributed by atoms with Crippen molar-refractivity contribution < 1.29 is 20.1 Å². The van der Waals surface area contributed by atoms with E-state index in [4.69, 9.17) is 0 Å². The zero-order chi connectivity index (χ0) is 17.8. The third kappa shape index (κ3) is 3.98. The predicted molar refractivity (Wildman–Crippen MR) is 97.1 cm³/mol. The second-order valence-electron chi connectivity index (χ2n) is 5.88. The van der Waals surface area contributed by atoms with Crippen LogP contribution in [-0.2, 0) is 4.79 Å². The maximum atomic E-state index is 12.3. The fourth-order valence-electron chi connectivity index (χ4n) is 2.70. The van der Waals surface area contributed by atoms with Gasteiger partial charge in [-0.05, 0) is 66.0 Å². The summed E-state index contributed by atoms with van der Waals surface area (Å²) in [6, 6.07) is 13.2. The number of carbonyl (C=O) groups is 1. The van der Waals surface area contributed by atoms with E-state index in [-0.39, 0.29) is 23.0 Å². The van der Waals surface area contributed by atoms with E-state index in [1.54, 1.807) is 54.6 Å². The van der Waals surface area contributed by atoms with Crippen LogP contribution < -0.4 is 0 Å². The van der Waals surface area contributed by atoms with Crippen molar-refractivity contribution in [1.82, 2.24) is 0 Å². The van der Waals surface area contributed by atoms with Crippen LogP contribution >= 0.6 is 0 Å². The van der Waals surface area contributed by atoms with Gasteiger partial charge < -0.3 is 15.3 Å². The van der Waals surface area contributed by atoms with Gasteiger partial charge in [-0.3, -0.25) is 4.79 Å². The first-order chi connectivity index (χ1) is 12.0. The number of allylic oxidation sites excluding steroid dienone is 3. The van der Waals surface area contributed by atoms with Crippen LogP contribution in [-0.4, -0.2) is 21.1 Å². The Kier molecular flexibility index (Phi) is 4.70. The molecule has 2 aromatic carbocycles. The maximum Gasteiger partial charge on any atom is 0.185 e. The molecule has 0 bridgehead atoms. The Bertz CT molecular complexity index is 869. The van der Waals surface area contributed by atoms with Crippen molar-refractivity contribution in [2.24, 2.45) is 0 Å². The van der Waals surface area contributed by atoms with Gasteiger partial charge >= 0.3 is 0 Å². The Labute approximate surface area is 145 Å². The SMILES string of the molecule is O=C(/C=C/c1ccc(O)cc1)C1=C(O)/C(=C/c2ccc(O)cc2)CC1. The third-order valence-corrected chi connectivity index (χ3v) is 4.09. The molecule has 1 aliphatic carbocycles. The number of phenols is 2. The van der Waals surface area contributed by atoms with Gasteiger partial charge in [0, 0.05) is 5.57 Å². The van der Waals surface area contributed by atoms with Gasteiger partial charge in [0.15, 0.2) is 5.78 Å². The molecule has 0 spiro atoms. The first-order valence-corrected chi connectivity index (χ1v) is 7.96. The monoisotopic (exact) mass is 334 g/mol. The summed E-state index contributed by atoms with van der Waals surface area (Å²) in [5, 5.41) is 28.9. The highest BCUT2D eigenvalue weighted by molar-refractivity contribution is 6.07. The second-order valence-corrected chi connectivity index (χ2v) is 5.88. The number of aromatic hydroxyl groups is 2. The average molecular weight is 334 g/mol. The number of benzene rings is 2. The fraction of sp³-hybridized carbons (Fsp3) is 0.0952. The number of carbonyl (C=O) groups excluding carboxylic acids is 1. The summed E-state index contributed by atoms with van der Waals surface area (Å²) in [6.45, 7) is 0. The lowest BCUT2D eigenvalue weighted by molar-refractivity contribution is -0.111. The Morgan fingerprint density at radius 3 is 1.96 bits per heavy atom. The third-order valence-electron chi connectivity index (χ3n) is 4.09. The van der Waals surface area contributed by atoms with E-state index in [9.17, 15) is 20.1 Å². The summed E-state index contributed by atoms with van der Waals surface area (Å²) in [7, 11) is 0. The summed E-state index contributed by atoms with van der Waals surface area (Å²) in [4.78, 5) is 12.3. The molecule has 0 saturated heterocycles. The van der Waals surface area contributed by atoms with E-state index in [0.717, 1.165) is 11.1 Å². The molecule has 3 N–H and O–H groups in total. The minimum Gasteiger partial charge on any atom is -0.508 e. The maximum absolute atomic E-state index is 12.3. The molecule has 0 aliphatic heterocycles. The molecule has 0 fully saturated rings. The van der Waals surface area contributed by atoms with E-state index in [0.29, 0.717) is 24.0 Å². The molecule has 0 saturated carbocycles. The Hall–Kier alpha value is -3.27. The molecule has 1 aliphatic rings. The van der Waals surface area contributed by atoms with Crippen molar-refractivity contribution in [3.05, 3.63) is 82.6 Å². The van der Waals surface area contributed by atoms with Gasteiger partial charge in [-0.15, -0.1) is 0 Å². The van der Waals surface area contributed by atoms with Gasteiger partial charge in [-0.1, -0.05) is 30.3 Å². The Balaban J connectivity index is 1.77. The molecule has 126 valence electrons. The lowest BCUT2D eigenvalue weighted by Crippen LogP contribution is -1.98. The van der Waals surface area contributed by atoms with Crippen LogP contribution in [0.3, 0.4) is 0 Å². The van der Waals surface area contributed by atoms with Gasteiger partial charge in [-0.25, -0.2) is 0 Å². The van der Waals surface area contributed by atoms with Gasteiger partial charge in [0.05, 0.1) is 0 Å². The largest absolute Gasteiger partial charge is 0.508 e. The van der Waals surface area contributed by atoms with Crippen molar-refractivity contribution in [1.29, 1.82) is 0 Å². The van der Waals surface area contributed by atoms with Crippen molar-refractivity contribution in [3.63, 3.8) is 0 Å². The van der Waals surface area contributed by atoms with Crippen LogP contribution in [0.4, 0.5) is 0 Å². The standard InChI is InChI=1S/C21H18O4/c22-17-7-1-14(2-8-17)5-12-20(24)19-11-6-16(21(19)25)13-15-3-9-18(23)10-4-15/h1-5,7-10,12-13,22-23,25H,6,11H2/b12-5+,16-13+. The first kappa shape index (κ1) is 16.6. The molecule has 0 radical (unpaired) electrons. The molecular weight excluding hydrogens is 316 g/mol. The molecule has 0 unspecified atom stereocenters. The van der Waals surface area contributed by atoms with E-state index in [1.807, 2.05) is 6.08 Å². The topological polar surface area (TPSA) is 77.8 Å². The zero-order valence-corrected chi connectivity index (χ0v) is 13.5. The van der Waals surface area contributed by atoms with Crippen molar-refractivity contribution in [2.75, 3.05) is 0 Å². The first-order valence-electron chi connectivity index (χ1n) is 7.96. The molecule has 25 heavy (non-hydrogen) atoms. The quantitative estimate of drug-likeness (QED) is 0.726. The normalized spacial score (nSPS) is 16.1. The molecule has 0 amide bonds. The number of phenolic OH excluding ortho intramolecular Hbond substituents is 2. The van der Waals surface area contributed by atoms with Crippen LogP contribution in [0.1, 0.15) is 24.0 Å². The lowest BCUT2D eigenvalue weighted by Gasteiger charge is -2.00. The van der Waals surface area contributed by atoms with Crippen molar-refractivity contribution >= 4 is 17.9 Å². The highest BCUT2D eigenvalue weighted by Crippen LogP contribution is 2.32. The second kappa shape index (κ2) is 7.09. The molecule has 0 heterocycles. The number of aliphatic hydroxyl groups excluding tert-OH is 1. The summed E-state index contributed by atoms with van der Waals surface area (Å²) >= 11 is 0. The Morgan fingerprint density at radius 2 is 1.36 bits per heavy atom. The van der Waals surface area contributed by atoms with Crippen molar-refractivity contribution in [2.45, 2.75) is 12.8 Å². The van der Waals surface area contributed by atoms with E-state index < -0.39 is 0 Å². The molecule has 2 aromatic rings. The van der Waals surface area contributed by atoms with Gasteiger partial charge in [-0.2, -0.15) is 0 Å². The van der Waals surface area contributed by atoms with Gasteiger partial charge in [0.2, 0.25) is 0 Å². The highest BCUT2D eigenvalue weighted by atomic mass is 16.3. The van der Waals surface area contributed by atoms with E-state index in [2.05, 4.69) is 0 Å². The van der Waals surface area contributed by atoms with Crippen LogP contribution in [0.5, 0.6) is 11.5 Å². The minimum atomic E-state index is -0.223. The average Bonchev–Trinajstić information content (AvgIpc) is 2.97. The molecule has 0 atom stereocenters. The van der Waals surface area contributed by atoms with Crippen LogP contribution in [0.2, 0.25) is 0 Å². The minimum absolute atomic E-state index is 0.0356. The highest BCUT2D eigenvalue weighted by Gasteiger charge is 2.23. The molecule has 4 heteroatoms. The number of rotatable bonds is 4. The lowest BCUT2D eigenvalue weighted by atomic mass is 10.1. The Morgan fingerprint density at radius 1 is 0.800 bits per heavy atom. The number of aliphatic hydroxyl groups is 1. The summed E-state index contributed by atoms with van der Waals surface area (Å²) in [5.74, 6) is 0.167. The number of hydrogen-bond acceptors (Lipinski definition) is 4. The van der Waals surface area contributed by atoms with E-state index >= 15 is 0 Å².